The summed E-state index contributed by atoms with van der Waals surface area (Å²) in [4.78, 5) is 24.1. The minimum absolute atomic E-state index is 0.240. The van der Waals surface area contributed by atoms with E-state index in [1.165, 1.54) is 0 Å². The largest absolute Gasteiger partial charge is 0.497 e. The predicted octanol–water partition coefficient (Wildman–Crippen LogP) is 4.97. The summed E-state index contributed by atoms with van der Waals surface area (Å²) in [5, 5.41) is 19.6. The highest BCUT2D eigenvalue weighted by molar-refractivity contribution is 5.93. The quantitative estimate of drug-likeness (QED) is 0.280. The van der Waals surface area contributed by atoms with E-state index < -0.39 is 29.6 Å². The Labute approximate surface area is 204 Å². The lowest BCUT2D eigenvalue weighted by atomic mass is 9.79. The summed E-state index contributed by atoms with van der Waals surface area (Å²) in [5.74, 6) is -3.34. The van der Waals surface area contributed by atoms with Gasteiger partial charge < -0.3 is 24.4 Å². The van der Waals surface area contributed by atoms with Crippen molar-refractivity contribution in [3.05, 3.63) is 95.6 Å². The molecule has 0 saturated heterocycles. The van der Waals surface area contributed by atoms with Gasteiger partial charge in [0.2, 0.25) is 0 Å². The molecule has 2 N–H and O–H groups in total. The van der Waals surface area contributed by atoms with Crippen LogP contribution in [0.4, 0.5) is 0 Å². The molecule has 0 spiro atoms. The first-order valence-corrected chi connectivity index (χ1v) is 11.3. The second-order valence-corrected chi connectivity index (χ2v) is 8.10. The highest BCUT2D eigenvalue weighted by atomic mass is 16.5. The normalized spacial score (nSPS) is 12.2. The molecule has 3 aromatic rings. The Morgan fingerprint density at radius 3 is 1.54 bits per heavy atom. The van der Waals surface area contributed by atoms with Crippen LogP contribution in [0.5, 0.6) is 11.5 Å². The SMILES string of the molecule is CCCC(OC(c1ccccc1)(c1ccc(OC)cc1)c1ccc(OC)cc1)C(C(=O)O)C(=O)O. The number of hydrogen-bond donors (Lipinski definition) is 2. The van der Waals surface area contributed by atoms with Crippen LogP contribution in [0.2, 0.25) is 0 Å². The van der Waals surface area contributed by atoms with Crippen molar-refractivity contribution in [1.82, 2.24) is 0 Å². The fraction of sp³-hybridized carbons (Fsp3) is 0.286. The molecular weight excluding hydrogens is 448 g/mol. The zero-order chi connectivity index (χ0) is 25.4. The number of methoxy groups -OCH3 is 2. The monoisotopic (exact) mass is 478 g/mol. The van der Waals surface area contributed by atoms with Gasteiger partial charge in [0, 0.05) is 0 Å². The fourth-order valence-corrected chi connectivity index (χ4v) is 4.26. The number of benzene rings is 3. The lowest BCUT2D eigenvalue weighted by Crippen LogP contribution is -2.44. The summed E-state index contributed by atoms with van der Waals surface area (Å²) >= 11 is 0. The highest BCUT2D eigenvalue weighted by Gasteiger charge is 2.45. The molecule has 184 valence electrons. The number of carbonyl (C=O) groups is 2. The summed E-state index contributed by atoms with van der Waals surface area (Å²) in [6.45, 7) is 1.86. The highest BCUT2D eigenvalue weighted by Crippen LogP contribution is 2.44. The van der Waals surface area contributed by atoms with Gasteiger partial charge in [0.1, 0.15) is 17.1 Å². The first-order valence-electron chi connectivity index (χ1n) is 11.3. The van der Waals surface area contributed by atoms with Gasteiger partial charge in [-0.1, -0.05) is 67.9 Å². The number of aliphatic carboxylic acids is 2. The molecule has 7 heteroatoms. The van der Waals surface area contributed by atoms with Gasteiger partial charge >= 0.3 is 11.9 Å². The molecule has 0 amide bonds. The molecule has 0 bridgehead atoms. The lowest BCUT2D eigenvalue weighted by molar-refractivity contribution is -0.167. The van der Waals surface area contributed by atoms with Crippen molar-refractivity contribution in [2.24, 2.45) is 5.92 Å². The first kappa shape index (κ1) is 25.8. The molecule has 35 heavy (non-hydrogen) atoms. The van der Waals surface area contributed by atoms with Crippen LogP contribution in [-0.4, -0.2) is 42.5 Å². The average Bonchev–Trinajstić information content (AvgIpc) is 2.87. The Kier molecular flexibility index (Phi) is 8.49. The van der Waals surface area contributed by atoms with Crippen molar-refractivity contribution in [3.63, 3.8) is 0 Å². The Morgan fingerprint density at radius 1 is 0.743 bits per heavy atom. The third-order valence-corrected chi connectivity index (χ3v) is 5.98. The first-order chi connectivity index (χ1) is 16.9. The van der Waals surface area contributed by atoms with Crippen LogP contribution >= 0.6 is 0 Å². The Hall–Kier alpha value is -3.84. The van der Waals surface area contributed by atoms with Gasteiger partial charge in [-0.3, -0.25) is 9.59 Å². The lowest BCUT2D eigenvalue weighted by Gasteiger charge is -2.40. The van der Waals surface area contributed by atoms with Gasteiger partial charge in [-0.2, -0.15) is 0 Å². The molecule has 1 atom stereocenters. The number of carboxylic acid groups (broad SMARTS) is 2. The molecule has 0 aliphatic carbocycles. The van der Waals surface area contributed by atoms with E-state index in [0.717, 1.165) is 5.56 Å². The number of ether oxygens (including phenoxy) is 3. The van der Waals surface area contributed by atoms with Gasteiger partial charge in [-0.05, 0) is 47.4 Å². The van der Waals surface area contributed by atoms with Crippen molar-refractivity contribution in [2.75, 3.05) is 14.2 Å². The summed E-state index contributed by atoms with van der Waals surface area (Å²) in [6.07, 6.45) is -0.332. The van der Waals surface area contributed by atoms with Crippen molar-refractivity contribution in [3.8, 4) is 11.5 Å². The van der Waals surface area contributed by atoms with E-state index in [0.29, 0.717) is 29.0 Å². The maximum absolute atomic E-state index is 12.0. The van der Waals surface area contributed by atoms with E-state index in [9.17, 15) is 19.8 Å². The van der Waals surface area contributed by atoms with Crippen LogP contribution in [0.1, 0.15) is 36.5 Å². The summed E-state index contributed by atoms with van der Waals surface area (Å²) in [6, 6.07) is 23.9. The standard InChI is InChI=1S/C28H30O7/c1-4-8-24(25(26(29)30)27(31)32)35-28(19-9-6-5-7-10-19,20-11-15-22(33-2)16-12-20)21-13-17-23(34-3)18-14-21/h5-7,9-18,24-25H,4,8H2,1-3H3,(H,29,30)(H,31,32). The molecule has 0 heterocycles. The van der Waals surface area contributed by atoms with Crippen molar-refractivity contribution in [1.29, 1.82) is 0 Å². The van der Waals surface area contributed by atoms with E-state index in [-0.39, 0.29) is 6.42 Å². The fourth-order valence-electron chi connectivity index (χ4n) is 4.26. The van der Waals surface area contributed by atoms with Crippen LogP contribution < -0.4 is 9.47 Å². The molecule has 0 radical (unpaired) electrons. The smallest absolute Gasteiger partial charge is 0.320 e. The zero-order valence-corrected chi connectivity index (χ0v) is 20.0. The van der Waals surface area contributed by atoms with Crippen molar-refractivity contribution in [2.45, 2.75) is 31.5 Å². The molecule has 1 unspecified atom stereocenters. The van der Waals surface area contributed by atoms with Crippen LogP contribution in [-0.2, 0) is 19.9 Å². The molecule has 0 fully saturated rings. The van der Waals surface area contributed by atoms with Gasteiger partial charge in [0.05, 0.1) is 20.3 Å². The zero-order valence-electron chi connectivity index (χ0n) is 20.0. The van der Waals surface area contributed by atoms with Gasteiger partial charge in [0.25, 0.3) is 0 Å². The number of carboxylic acids is 2. The molecule has 3 rings (SSSR count). The molecular formula is C28H30O7. The van der Waals surface area contributed by atoms with Gasteiger partial charge in [-0.15, -0.1) is 0 Å². The van der Waals surface area contributed by atoms with E-state index >= 15 is 0 Å². The molecule has 3 aromatic carbocycles. The van der Waals surface area contributed by atoms with E-state index in [1.54, 1.807) is 38.5 Å². The second kappa shape index (κ2) is 11.5. The van der Waals surface area contributed by atoms with Crippen LogP contribution in [0, 0.1) is 5.92 Å². The van der Waals surface area contributed by atoms with Crippen molar-refractivity contribution < 1.29 is 34.0 Å². The maximum atomic E-state index is 12.0. The van der Waals surface area contributed by atoms with Crippen molar-refractivity contribution >= 4 is 11.9 Å². The minimum atomic E-state index is -1.74. The number of hydrogen-bond acceptors (Lipinski definition) is 5. The number of rotatable bonds is 12. The average molecular weight is 479 g/mol. The van der Waals surface area contributed by atoms with E-state index in [1.807, 2.05) is 61.5 Å². The Morgan fingerprint density at radius 2 is 1.17 bits per heavy atom. The topological polar surface area (TPSA) is 102 Å². The van der Waals surface area contributed by atoms with Crippen LogP contribution in [0.15, 0.2) is 78.9 Å². The maximum Gasteiger partial charge on any atom is 0.320 e. The molecule has 0 aliphatic rings. The second-order valence-electron chi connectivity index (χ2n) is 8.10. The molecule has 0 aliphatic heterocycles. The predicted molar refractivity (Wildman–Crippen MR) is 131 cm³/mol. The molecule has 0 saturated carbocycles. The van der Waals surface area contributed by atoms with Gasteiger partial charge in [0.15, 0.2) is 5.92 Å². The Balaban J connectivity index is 2.32. The van der Waals surface area contributed by atoms with E-state index in [2.05, 4.69) is 0 Å². The molecule has 0 aromatic heterocycles. The summed E-state index contributed by atoms with van der Waals surface area (Å²) < 4.78 is 17.4. The summed E-state index contributed by atoms with van der Waals surface area (Å²) in [7, 11) is 3.14. The minimum Gasteiger partial charge on any atom is -0.497 e. The third-order valence-electron chi connectivity index (χ3n) is 5.98. The third kappa shape index (κ3) is 5.46. The Bertz CT molecular complexity index is 1050. The summed E-state index contributed by atoms with van der Waals surface area (Å²) in [5.41, 5.74) is 0.824. The van der Waals surface area contributed by atoms with Gasteiger partial charge in [-0.25, -0.2) is 0 Å². The molecule has 7 nitrogen and oxygen atoms in total. The van der Waals surface area contributed by atoms with E-state index in [4.69, 9.17) is 14.2 Å². The van der Waals surface area contributed by atoms with Crippen LogP contribution in [0.3, 0.4) is 0 Å². The van der Waals surface area contributed by atoms with Crippen LogP contribution in [0.25, 0.3) is 0 Å².